The summed E-state index contributed by atoms with van der Waals surface area (Å²) >= 11 is 1.50. The molecule has 0 aliphatic rings. The van der Waals surface area contributed by atoms with E-state index < -0.39 is 10.0 Å². The molecule has 3 N–H and O–H groups in total. The lowest BCUT2D eigenvalue weighted by molar-refractivity contribution is 0.252. The van der Waals surface area contributed by atoms with Crippen LogP contribution in [0.5, 0.6) is 0 Å². The fraction of sp³-hybridized carbons (Fsp3) is 0.400. The minimum atomic E-state index is -3.50. The third kappa shape index (κ3) is 6.07. The van der Waals surface area contributed by atoms with Crippen molar-refractivity contribution in [3.05, 3.63) is 34.3 Å². The molecule has 1 aromatic heterocycles. The van der Waals surface area contributed by atoms with E-state index >= 15 is 0 Å². The van der Waals surface area contributed by atoms with Crippen LogP contribution < -0.4 is 15.4 Å². The molecule has 2 rings (SSSR count). The van der Waals surface area contributed by atoms with E-state index in [1.165, 1.54) is 23.5 Å². The summed E-state index contributed by atoms with van der Waals surface area (Å²) in [5.41, 5.74) is 0.513. The number of nitrogens with zero attached hydrogens (tertiary/aromatic N) is 2. The average Bonchev–Trinajstić information content (AvgIpc) is 2.99. The number of sulfonamides is 1. The smallest absolute Gasteiger partial charge is 0.319 e. The van der Waals surface area contributed by atoms with Crippen LogP contribution in [0.15, 0.2) is 29.2 Å². The molecule has 0 radical (unpaired) electrons. The number of anilines is 1. The highest BCUT2D eigenvalue weighted by atomic mass is 32.2. The Hall–Kier alpha value is -2.04. The van der Waals surface area contributed by atoms with E-state index in [9.17, 15) is 13.2 Å². The molecule has 0 aliphatic carbocycles. The second kappa shape index (κ2) is 8.88. The molecule has 0 bridgehead atoms. The lowest BCUT2D eigenvalue weighted by Crippen LogP contribution is -2.30. The average molecular weight is 383 g/mol. The van der Waals surface area contributed by atoms with E-state index in [-0.39, 0.29) is 10.9 Å². The highest BCUT2D eigenvalue weighted by Gasteiger charge is 2.12. The van der Waals surface area contributed by atoms with Crippen LogP contribution in [-0.2, 0) is 16.4 Å². The van der Waals surface area contributed by atoms with Gasteiger partial charge in [0.2, 0.25) is 10.0 Å². The van der Waals surface area contributed by atoms with Gasteiger partial charge in [-0.15, -0.1) is 21.5 Å². The third-order valence-electron chi connectivity index (χ3n) is 3.16. The zero-order chi connectivity index (χ0) is 18.3. The van der Waals surface area contributed by atoms with Crippen LogP contribution in [0.4, 0.5) is 10.5 Å². The number of urea groups is 1. The Morgan fingerprint density at radius 3 is 2.48 bits per heavy atom. The van der Waals surface area contributed by atoms with Gasteiger partial charge in [0.05, 0.1) is 4.90 Å². The molecule has 1 aromatic carbocycles. The van der Waals surface area contributed by atoms with Gasteiger partial charge in [-0.05, 0) is 37.6 Å². The molecule has 0 spiro atoms. The molecular weight excluding hydrogens is 362 g/mol. The summed E-state index contributed by atoms with van der Waals surface area (Å²) in [5.74, 6) is 0. The van der Waals surface area contributed by atoms with Gasteiger partial charge in [-0.2, -0.15) is 0 Å². The van der Waals surface area contributed by atoms with Crippen molar-refractivity contribution in [3.63, 3.8) is 0 Å². The van der Waals surface area contributed by atoms with Gasteiger partial charge in [-0.25, -0.2) is 17.9 Å². The number of benzene rings is 1. The Kier molecular flexibility index (Phi) is 6.85. The maximum absolute atomic E-state index is 12.0. The number of carbonyl (C=O) groups excluding carboxylic acids is 1. The first-order chi connectivity index (χ1) is 11.9. The number of aromatic nitrogens is 2. The van der Waals surface area contributed by atoms with Crippen molar-refractivity contribution in [2.24, 2.45) is 0 Å². The van der Waals surface area contributed by atoms with E-state index in [0.29, 0.717) is 25.2 Å². The number of hydrogen-bond donors (Lipinski definition) is 3. The van der Waals surface area contributed by atoms with Gasteiger partial charge >= 0.3 is 6.03 Å². The highest BCUT2D eigenvalue weighted by Crippen LogP contribution is 2.14. The van der Waals surface area contributed by atoms with Gasteiger partial charge in [0.1, 0.15) is 10.0 Å². The van der Waals surface area contributed by atoms with Gasteiger partial charge in [0, 0.05) is 25.2 Å². The Bertz CT molecular complexity index is 803. The summed E-state index contributed by atoms with van der Waals surface area (Å²) in [6.45, 7) is 4.59. The topological polar surface area (TPSA) is 113 Å². The monoisotopic (exact) mass is 383 g/mol. The first-order valence-corrected chi connectivity index (χ1v) is 10.1. The quantitative estimate of drug-likeness (QED) is 0.644. The Morgan fingerprint density at radius 1 is 1.16 bits per heavy atom. The number of carbonyl (C=O) groups is 1. The van der Waals surface area contributed by atoms with Crippen molar-refractivity contribution in [2.75, 3.05) is 18.4 Å². The molecule has 136 valence electrons. The lowest BCUT2D eigenvalue weighted by Gasteiger charge is -2.09. The summed E-state index contributed by atoms with van der Waals surface area (Å²) in [6, 6.07) is 5.65. The van der Waals surface area contributed by atoms with Gasteiger partial charge in [-0.1, -0.05) is 6.92 Å². The fourth-order valence-electron chi connectivity index (χ4n) is 1.93. The largest absolute Gasteiger partial charge is 0.337 e. The molecule has 8 nitrogen and oxygen atoms in total. The maximum atomic E-state index is 12.0. The van der Waals surface area contributed by atoms with Crippen molar-refractivity contribution >= 4 is 33.1 Å². The molecule has 1 heterocycles. The fourth-order valence-corrected chi connectivity index (χ4v) is 3.78. The Labute approximate surface area is 151 Å². The van der Waals surface area contributed by atoms with Gasteiger partial charge in [0.15, 0.2) is 0 Å². The van der Waals surface area contributed by atoms with Crippen molar-refractivity contribution in [1.29, 1.82) is 0 Å². The highest BCUT2D eigenvalue weighted by molar-refractivity contribution is 7.89. The second-order valence-electron chi connectivity index (χ2n) is 5.27. The molecule has 2 amide bonds. The predicted molar refractivity (Wildman–Crippen MR) is 97.3 cm³/mol. The van der Waals surface area contributed by atoms with Crippen LogP contribution in [0, 0.1) is 6.92 Å². The van der Waals surface area contributed by atoms with Crippen molar-refractivity contribution < 1.29 is 13.2 Å². The van der Waals surface area contributed by atoms with Gasteiger partial charge in [-0.3, -0.25) is 0 Å². The minimum Gasteiger partial charge on any atom is -0.337 e. The van der Waals surface area contributed by atoms with Crippen LogP contribution in [0.25, 0.3) is 0 Å². The molecule has 0 atom stereocenters. The lowest BCUT2D eigenvalue weighted by atomic mass is 10.3. The van der Waals surface area contributed by atoms with E-state index in [1.807, 2.05) is 13.8 Å². The van der Waals surface area contributed by atoms with E-state index in [1.54, 1.807) is 12.1 Å². The maximum Gasteiger partial charge on any atom is 0.319 e. The summed E-state index contributed by atoms with van der Waals surface area (Å²) < 4.78 is 26.5. The molecule has 10 heteroatoms. The van der Waals surface area contributed by atoms with Gasteiger partial charge < -0.3 is 10.6 Å². The normalized spacial score (nSPS) is 11.3. The van der Waals surface area contributed by atoms with Gasteiger partial charge in [0.25, 0.3) is 0 Å². The van der Waals surface area contributed by atoms with Crippen molar-refractivity contribution in [3.8, 4) is 0 Å². The summed E-state index contributed by atoms with van der Waals surface area (Å²) in [7, 11) is -3.50. The zero-order valence-corrected chi connectivity index (χ0v) is 15.7. The standard InChI is InChI=1S/C15H21N5O3S2/c1-3-9-17-25(22,23)13-6-4-12(5-7-13)18-15(21)16-10-8-14-20-19-11(2)24-14/h4-7,17H,3,8-10H2,1-2H3,(H2,16,18,21). The molecular formula is C15H21N5O3S2. The van der Waals surface area contributed by atoms with Crippen LogP contribution in [0.2, 0.25) is 0 Å². The molecule has 2 aromatic rings. The number of aryl methyl sites for hydroxylation is 1. The Balaban J connectivity index is 1.82. The molecule has 25 heavy (non-hydrogen) atoms. The molecule has 0 unspecified atom stereocenters. The van der Waals surface area contributed by atoms with E-state index in [0.717, 1.165) is 16.4 Å². The van der Waals surface area contributed by atoms with Crippen LogP contribution in [0.3, 0.4) is 0 Å². The van der Waals surface area contributed by atoms with Crippen molar-refractivity contribution in [2.45, 2.75) is 31.6 Å². The number of hydrogen-bond acceptors (Lipinski definition) is 6. The second-order valence-corrected chi connectivity index (χ2v) is 8.30. The third-order valence-corrected chi connectivity index (χ3v) is 5.53. The summed E-state index contributed by atoms with van der Waals surface area (Å²) in [4.78, 5) is 12.0. The molecule has 0 fully saturated rings. The molecule has 0 saturated heterocycles. The predicted octanol–water partition coefficient (Wildman–Crippen LogP) is 1.90. The SMILES string of the molecule is CCCNS(=O)(=O)c1ccc(NC(=O)NCCc2nnc(C)s2)cc1. The van der Waals surface area contributed by atoms with E-state index in [4.69, 9.17) is 0 Å². The number of amides is 2. The number of nitrogens with one attached hydrogen (secondary N) is 3. The first kappa shape index (κ1) is 19.3. The van der Waals surface area contributed by atoms with Crippen molar-refractivity contribution in [1.82, 2.24) is 20.2 Å². The minimum absolute atomic E-state index is 0.165. The molecule has 0 aliphatic heterocycles. The molecule has 0 saturated carbocycles. The summed E-state index contributed by atoms with van der Waals surface area (Å²) in [6.07, 6.45) is 1.33. The number of rotatable bonds is 8. The zero-order valence-electron chi connectivity index (χ0n) is 14.1. The summed E-state index contributed by atoms with van der Waals surface area (Å²) in [5, 5.41) is 15.0. The van der Waals surface area contributed by atoms with Crippen LogP contribution >= 0.6 is 11.3 Å². The van der Waals surface area contributed by atoms with Crippen LogP contribution in [0.1, 0.15) is 23.4 Å². The Morgan fingerprint density at radius 2 is 1.88 bits per heavy atom. The van der Waals surface area contributed by atoms with Crippen LogP contribution in [-0.4, -0.2) is 37.7 Å². The first-order valence-electron chi connectivity index (χ1n) is 7.84. The van der Waals surface area contributed by atoms with E-state index in [2.05, 4.69) is 25.6 Å².